The molecule has 1 unspecified atom stereocenters. The van der Waals surface area contributed by atoms with E-state index in [4.69, 9.17) is 11.6 Å². The molecule has 6 nitrogen and oxygen atoms in total. The number of urea groups is 1. The Morgan fingerprint density at radius 1 is 1.29 bits per heavy atom. The lowest BCUT2D eigenvalue weighted by atomic mass is 9.92. The van der Waals surface area contributed by atoms with Crippen LogP contribution in [0.5, 0.6) is 0 Å². The lowest BCUT2D eigenvalue weighted by molar-refractivity contribution is -0.131. The standard InChI is InChI=1S/C15H13ClF2N4O2/c1-15(9-2-4-10(16)5-3-9)12(23)22(14(24)20-15)8-11-19-6-7-21(11)13(17)18/h2-7,13H,8H2,1H3,(H,20,24). The topological polar surface area (TPSA) is 67.2 Å². The Bertz CT molecular complexity index is 793. The van der Waals surface area contributed by atoms with Gasteiger partial charge in [-0.3, -0.25) is 14.3 Å². The highest BCUT2D eigenvalue weighted by Crippen LogP contribution is 2.30. The van der Waals surface area contributed by atoms with Crippen LogP contribution in [0.15, 0.2) is 36.7 Å². The molecule has 126 valence electrons. The molecule has 0 spiro atoms. The summed E-state index contributed by atoms with van der Waals surface area (Å²) in [6.07, 6.45) is 2.29. The molecule has 1 N–H and O–H groups in total. The van der Waals surface area contributed by atoms with Crippen molar-refractivity contribution in [3.63, 3.8) is 0 Å². The second-order valence-electron chi connectivity index (χ2n) is 5.48. The molecule has 3 amide bonds. The summed E-state index contributed by atoms with van der Waals surface area (Å²) in [5.74, 6) is -0.618. The molecular formula is C15H13ClF2N4O2. The zero-order chi connectivity index (χ0) is 17.5. The number of aromatic nitrogens is 2. The van der Waals surface area contributed by atoms with Gasteiger partial charge in [0.1, 0.15) is 11.4 Å². The SMILES string of the molecule is CC1(c2ccc(Cl)cc2)NC(=O)N(Cc2nccn2C(F)F)C1=O. The van der Waals surface area contributed by atoms with E-state index < -0.39 is 24.0 Å². The molecule has 1 atom stereocenters. The number of nitrogens with zero attached hydrogens (tertiary/aromatic N) is 3. The molecule has 2 heterocycles. The number of imide groups is 1. The molecule has 1 aliphatic heterocycles. The Morgan fingerprint density at radius 2 is 1.96 bits per heavy atom. The molecule has 1 fully saturated rings. The molecule has 9 heteroatoms. The maximum atomic E-state index is 12.9. The second kappa shape index (κ2) is 5.86. The molecule has 1 aliphatic rings. The minimum atomic E-state index is -2.80. The second-order valence-corrected chi connectivity index (χ2v) is 5.92. The fourth-order valence-corrected chi connectivity index (χ4v) is 2.73. The van der Waals surface area contributed by atoms with Crippen LogP contribution in [-0.4, -0.2) is 26.4 Å². The third kappa shape index (κ3) is 2.62. The average molecular weight is 355 g/mol. The van der Waals surface area contributed by atoms with Crippen LogP contribution in [0.25, 0.3) is 0 Å². The lowest BCUT2D eigenvalue weighted by Gasteiger charge is -2.22. The number of carbonyl (C=O) groups is 2. The van der Waals surface area contributed by atoms with E-state index in [-0.39, 0.29) is 12.4 Å². The van der Waals surface area contributed by atoms with E-state index in [9.17, 15) is 18.4 Å². The smallest absolute Gasteiger partial charge is 0.319 e. The van der Waals surface area contributed by atoms with Crippen LogP contribution in [0.1, 0.15) is 24.9 Å². The van der Waals surface area contributed by atoms with E-state index in [1.807, 2.05) is 0 Å². The first-order valence-corrected chi connectivity index (χ1v) is 7.41. The lowest BCUT2D eigenvalue weighted by Crippen LogP contribution is -2.40. The molecule has 1 saturated heterocycles. The minimum Gasteiger partial charge on any atom is -0.319 e. The molecule has 3 rings (SSSR count). The van der Waals surface area contributed by atoms with Crippen molar-refractivity contribution >= 4 is 23.5 Å². The fourth-order valence-electron chi connectivity index (χ4n) is 2.60. The quantitative estimate of drug-likeness (QED) is 0.858. The van der Waals surface area contributed by atoms with Crippen LogP contribution in [-0.2, 0) is 16.9 Å². The van der Waals surface area contributed by atoms with Gasteiger partial charge in [-0.2, -0.15) is 8.78 Å². The Kier molecular flexibility index (Phi) is 4.00. The maximum Gasteiger partial charge on any atom is 0.325 e. The third-order valence-electron chi connectivity index (χ3n) is 3.96. The largest absolute Gasteiger partial charge is 0.325 e. The van der Waals surface area contributed by atoms with Crippen molar-refractivity contribution in [2.24, 2.45) is 0 Å². The highest BCUT2D eigenvalue weighted by atomic mass is 35.5. The summed E-state index contributed by atoms with van der Waals surface area (Å²) in [6, 6.07) is 5.80. The number of halogens is 3. The number of hydrogen-bond acceptors (Lipinski definition) is 3. The van der Waals surface area contributed by atoms with Crippen molar-refractivity contribution in [3.8, 4) is 0 Å². The number of carbonyl (C=O) groups excluding carboxylic acids is 2. The number of benzene rings is 1. The highest BCUT2D eigenvalue weighted by molar-refractivity contribution is 6.30. The summed E-state index contributed by atoms with van der Waals surface area (Å²) < 4.78 is 26.4. The molecule has 1 aromatic carbocycles. The van der Waals surface area contributed by atoms with E-state index in [0.717, 1.165) is 11.1 Å². The first kappa shape index (κ1) is 16.4. The van der Waals surface area contributed by atoms with Crippen molar-refractivity contribution < 1.29 is 18.4 Å². The van der Waals surface area contributed by atoms with Crippen molar-refractivity contribution in [1.82, 2.24) is 19.8 Å². The molecule has 1 aromatic heterocycles. The Morgan fingerprint density at radius 3 is 2.58 bits per heavy atom. The predicted octanol–water partition coefficient (Wildman–Crippen LogP) is 2.90. The summed E-state index contributed by atoms with van der Waals surface area (Å²) in [4.78, 5) is 29.6. The van der Waals surface area contributed by atoms with Gasteiger partial charge in [-0.1, -0.05) is 23.7 Å². The summed E-state index contributed by atoms with van der Waals surface area (Å²) >= 11 is 5.83. The fraction of sp³-hybridized carbons (Fsp3) is 0.267. The monoisotopic (exact) mass is 354 g/mol. The van der Waals surface area contributed by atoms with Crippen molar-refractivity contribution in [1.29, 1.82) is 0 Å². The van der Waals surface area contributed by atoms with Gasteiger partial charge in [0.05, 0.1) is 6.54 Å². The van der Waals surface area contributed by atoms with Gasteiger partial charge in [-0.25, -0.2) is 9.78 Å². The molecule has 24 heavy (non-hydrogen) atoms. The summed E-state index contributed by atoms with van der Waals surface area (Å²) in [7, 11) is 0. The van der Waals surface area contributed by atoms with E-state index in [2.05, 4.69) is 10.3 Å². The number of nitrogens with one attached hydrogen (secondary N) is 1. The molecule has 2 aromatic rings. The van der Waals surface area contributed by atoms with Gasteiger partial charge in [0.25, 0.3) is 5.91 Å². The first-order chi connectivity index (χ1) is 11.3. The maximum absolute atomic E-state index is 12.9. The molecule has 0 bridgehead atoms. The molecule has 0 radical (unpaired) electrons. The molecule has 0 aliphatic carbocycles. The number of amides is 3. The average Bonchev–Trinajstić information content (AvgIpc) is 3.08. The highest BCUT2D eigenvalue weighted by Gasteiger charge is 2.49. The Hall–Kier alpha value is -2.48. The zero-order valence-electron chi connectivity index (χ0n) is 12.5. The predicted molar refractivity (Wildman–Crippen MR) is 81.4 cm³/mol. The van der Waals surface area contributed by atoms with Gasteiger partial charge < -0.3 is 5.32 Å². The van der Waals surface area contributed by atoms with E-state index in [0.29, 0.717) is 15.2 Å². The van der Waals surface area contributed by atoms with Gasteiger partial charge in [-0.15, -0.1) is 0 Å². The van der Waals surface area contributed by atoms with Crippen LogP contribution in [0.2, 0.25) is 5.02 Å². The summed E-state index contributed by atoms with van der Waals surface area (Å²) in [5, 5.41) is 3.09. The normalized spacial score (nSPS) is 20.8. The third-order valence-corrected chi connectivity index (χ3v) is 4.21. The summed E-state index contributed by atoms with van der Waals surface area (Å²) in [6.45, 7) is -1.59. The Balaban J connectivity index is 1.89. The van der Waals surface area contributed by atoms with Gasteiger partial charge in [0.2, 0.25) is 0 Å². The number of imidazole rings is 1. The van der Waals surface area contributed by atoms with Crippen molar-refractivity contribution in [3.05, 3.63) is 53.1 Å². The van der Waals surface area contributed by atoms with Crippen LogP contribution in [0, 0.1) is 0 Å². The molecule has 0 saturated carbocycles. The summed E-state index contributed by atoms with van der Waals surface area (Å²) in [5.41, 5.74) is -0.742. The Labute approximate surface area is 141 Å². The van der Waals surface area contributed by atoms with Crippen LogP contribution >= 0.6 is 11.6 Å². The van der Waals surface area contributed by atoms with Crippen molar-refractivity contribution in [2.45, 2.75) is 25.6 Å². The van der Waals surface area contributed by atoms with Crippen molar-refractivity contribution in [2.75, 3.05) is 0 Å². The van der Waals surface area contributed by atoms with E-state index >= 15 is 0 Å². The first-order valence-electron chi connectivity index (χ1n) is 7.03. The van der Waals surface area contributed by atoms with E-state index in [1.54, 1.807) is 31.2 Å². The zero-order valence-corrected chi connectivity index (χ0v) is 13.3. The van der Waals surface area contributed by atoms with Gasteiger partial charge in [0, 0.05) is 17.4 Å². The number of rotatable bonds is 4. The number of alkyl halides is 2. The van der Waals surface area contributed by atoms with E-state index in [1.165, 1.54) is 6.20 Å². The van der Waals surface area contributed by atoms with Crippen LogP contribution in [0.3, 0.4) is 0 Å². The number of hydrogen-bond donors (Lipinski definition) is 1. The van der Waals surface area contributed by atoms with Crippen LogP contribution < -0.4 is 5.32 Å². The molecular weight excluding hydrogens is 342 g/mol. The minimum absolute atomic E-state index is 0.0751. The van der Waals surface area contributed by atoms with Gasteiger partial charge >= 0.3 is 12.6 Å². The van der Waals surface area contributed by atoms with Gasteiger partial charge in [0.15, 0.2) is 0 Å². The van der Waals surface area contributed by atoms with Gasteiger partial charge in [-0.05, 0) is 24.6 Å². The van der Waals surface area contributed by atoms with Crippen LogP contribution in [0.4, 0.5) is 13.6 Å².